The van der Waals surface area contributed by atoms with Gasteiger partial charge in [-0.05, 0) is 32.0 Å². The first-order valence-corrected chi connectivity index (χ1v) is 9.72. The minimum atomic E-state index is -0.873. The van der Waals surface area contributed by atoms with E-state index >= 15 is 0 Å². The zero-order valence-corrected chi connectivity index (χ0v) is 16.0. The summed E-state index contributed by atoms with van der Waals surface area (Å²) in [5.41, 5.74) is 2.57. The average Bonchev–Trinajstić information content (AvgIpc) is 3.51. The third-order valence-corrected chi connectivity index (χ3v) is 5.31. The molecule has 7 nitrogen and oxygen atoms in total. The number of aliphatic carboxylic acids is 1. The third kappa shape index (κ3) is 4.15. The van der Waals surface area contributed by atoms with Crippen molar-refractivity contribution in [3.8, 4) is 0 Å². The van der Waals surface area contributed by atoms with E-state index in [1.54, 1.807) is 11.9 Å². The molecule has 1 aliphatic carbocycles. The summed E-state index contributed by atoms with van der Waals surface area (Å²) in [4.78, 5) is 32.5. The van der Waals surface area contributed by atoms with Crippen LogP contribution in [0.15, 0.2) is 30.3 Å². The van der Waals surface area contributed by atoms with Crippen LogP contribution < -0.4 is 0 Å². The van der Waals surface area contributed by atoms with Crippen molar-refractivity contribution in [1.82, 2.24) is 14.8 Å². The van der Waals surface area contributed by atoms with Crippen molar-refractivity contribution in [2.24, 2.45) is 0 Å². The molecule has 148 valence electrons. The number of likely N-dealkylation sites (N-methyl/N-ethyl adjacent to an activating group) is 1. The maximum Gasteiger partial charge on any atom is 0.317 e. The topological polar surface area (TPSA) is 83.0 Å². The molecular weight excluding hydrogens is 358 g/mol. The van der Waals surface area contributed by atoms with E-state index in [1.165, 1.54) is 0 Å². The number of amides is 1. The van der Waals surface area contributed by atoms with Crippen LogP contribution in [-0.2, 0) is 9.53 Å². The molecule has 1 atom stereocenters. The van der Waals surface area contributed by atoms with Gasteiger partial charge in [0.1, 0.15) is 0 Å². The van der Waals surface area contributed by atoms with Crippen LogP contribution in [0.4, 0.5) is 0 Å². The Labute approximate surface area is 163 Å². The van der Waals surface area contributed by atoms with Gasteiger partial charge in [0.25, 0.3) is 5.91 Å². The quantitative estimate of drug-likeness (QED) is 0.821. The highest BCUT2D eigenvalue weighted by Gasteiger charge is 2.30. The number of carboxylic acid groups (broad SMARTS) is 1. The predicted molar refractivity (Wildman–Crippen MR) is 104 cm³/mol. The number of hydrogen-bond donors (Lipinski definition) is 1. The molecule has 28 heavy (non-hydrogen) atoms. The Morgan fingerprint density at radius 2 is 2.11 bits per heavy atom. The normalized spacial score (nSPS) is 19.9. The summed E-state index contributed by atoms with van der Waals surface area (Å²) < 4.78 is 5.77. The number of benzene rings is 1. The summed E-state index contributed by atoms with van der Waals surface area (Å²) in [6.07, 6.45) is 2.07. The highest BCUT2D eigenvalue weighted by molar-refractivity contribution is 6.06. The van der Waals surface area contributed by atoms with Crippen LogP contribution in [0.2, 0.25) is 0 Å². The van der Waals surface area contributed by atoms with Gasteiger partial charge in [-0.25, -0.2) is 0 Å². The Bertz CT molecular complexity index is 896. The smallest absolute Gasteiger partial charge is 0.317 e. The molecule has 1 aromatic carbocycles. The second-order valence-electron chi connectivity index (χ2n) is 7.72. The van der Waals surface area contributed by atoms with E-state index in [0.717, 1.165) is 29.4 Å². The van der Waals surface area contributed by atoms with Gasteiger partial charge in [-0.2, -0.15) is 0 Å². The summed E-state index contributed by atoms with van der Waals surface area (Å²) in [7, 11) is 1.75. The van der Waals surface area contributed by atoms with Crippen LogP contribution in [0.3, 0.4) is 0 Å². The number of para-hydroxylation sites is 1. The lowest BCUT2D eigenvalue weighted by molar-refractivity contribution is -0.138. The molecule has 1 amide bonds. The molecule has 0 bridgehead atoms. The van der Waals surface area contributed by atoms with Crippen LogP contribution in [-0.4, -0.2) is 77.7 Å². The van der Waals surface area contributed by atoms with Gasteiger partial charge < -0.3 is 14.7 Å². The Kier molecular flexibility index (Phi) is 5.28. The molecule has 2 fully saturated rings. The lowest BCUT2D eigenvalue weighted by Crippen LogP contribution is -2.49. The monoisotopic (exact) mass is 383 g/mol. The van der Waals surface area contributed by atoms with Crippen LogP contribution >= 0.6 is 0 Å². The Morgan fingerprint density at radius 1 is 1.32 bits per heavy atom. The fourth-order valence-corrected chi connectivity index (χ4v) is 3.79. The second-order valence-corrected chi connectivity index (χ2v) is 7.72. The summed E-state index contributed by atoms with van der Waals surface area (Å²) in [5, 5.41) is 9.80. The van der Waals surface area contributed by atoms with E-state index in [-0.39, 0.29) is 18.6 Å². The molecule has 2 aromatic rings. The zero-order valence-electron chi connectivity index (χ0n) is 16.0. The first-order valence-electron chi connectivity index (χ1n) is 9.72. The Balaban J connectivity index is 1.54. The number of rotatable bonds is 6. The van der Waals surface area contributed by atoms with Gasteiger partial charge in [0, 0.05) is 36.6 Å². The van der Waals surface area contributed by atoms with Gasteiger partial charge in [-0.3, -0.25) is 19.5 Å². The number of carbonyl (C=O) groups excluding carboxylic acids is 1. The SMILES string of the molecule is CN(CC(=O)O)CC1CN(C(=O)c2cc(C3CC3)nc3ccccc23)CCO1. The number of morpholine rings is 1. The summed E-state index contributed by atoms with van der Waals surface area (Å²) in [6, 6.07) is 9.75. The van der Waals surface area contributed by atoms with Crippen molar-refractivity contribution in [2.75, 3.05) is 39.8 Å². The minimum Gasteiger partial charge on any atom is -0.480 e. The number of pyridine rings is 1. The average molecular weight is 383 g/mol. The minimum absolute atomic E-state index is 0.00492. The molecule has 1 saturated heterocycles. The van der Waals surface area contributed by atoms with Gasteiger partial charge in [0.15, 0.2) is 0 Å². The maximum absolute atomic E-state index is 13.4. The molecule has 1 N–H and O–H groups in total. The van der Waals surface area contributed by atoms with Crippen LogP contribution in [0.1, 0.15) is 34.8 Å². The molecule has 0 spiro atoms. The predicted octanol–water partition coefficient (Wildman–Crippen LogP) is 1.97. The summed E-state index contributed by atoms with van der Waals surface area (Å²) in [6.45, 7) is 1.87. The highest BCUT2D eigenvalue weighted by Crippen LogP contribution is 2.40. The lowest BCUT2D eigenvalue weighted by atomic mass is 10.0. The first kappa shape index (κ1) is 18.8. The number of carbonyl (C=O) groups is 2. The molecule has 1 aliphatic heterocycles. The number of hydrogen-bond acceptors (Lipinski definition) is 5. The van der Waals surface area contributed by atoms with Gasteiger partial charge in [-0.15, -0.1) is 0 Å². The maximum atomic E-state index is 13.4. The van der Waals surface area contributed by atoms with Crippen molar-refractivity contribution >= 4 is 22.8 Å². The molecule has 1 aromatic heterocycles. The fraction of sp³-hybridized carbons (Fsp3) is 0.476. The fourth-order valence-electron chi connectivity index (χ4n) is 3.79. The second kappa shape index (κ2) is 7.85. The van der Waals surface area contributed by atoms with Crippen molar-refractivity contribution in [2.45, 2.75) is 24.9 Å². The van der Waals surface area contributed by atoms with E-state index in [4.69, 9.17) is 14.8 Å². The van der Waals surface area contributed by atoms with Crippen molar-refractivity contribution < 1.29 is 19.4 Å². The third-order valence-electron chi connectivity index (χ3n) is 5.31. The summed E-state index contributed by atoms with van der Waals surface area (Å²) in [5.74, 6) is -0.407. The highest BCUT2D eigenvalue weighted by atomic mass is 16.5. The van der Waals surface area contributed by atoms with Gasteiger partial charge >= 0.3 is 5.97 Å². The van der Waals surface area contributed by atoms with Crippen LogP contribution in [0, 0.1) is 0 Å². The van der Waals surface area contributed by atoms with Crippen LogP contribution in [0.5, 0.6) is 0 Å². The number of carboxylic acids is 1. The Morgan fingerprint density at radius 3 is 2.86 bits per heavy atom. The molecule has 4 rings (SSSR count). The van der Waals surface area contributed by atoms with E-state index in [2.05, 4.69) is 0 Å². The number of aromatic nitrogens is 1. The molecular formula is C21H25N3O4. The van der Waals surface area contributed by atoms with Crippen LogP contribution in [0.25, 0.3) is 10.9 Å². The molecule has 7 heteroatoms. The first-order chi connectivity index (χ1) is 13.5. The van der Waals surface area contributed by atoms with Crippen molar-refractivity contribution in [3.05, 3.63) is 41.6 Å². The number of fused-ring (bicyclic) bond motifs is 1. The summed E-state index contributed by atoms with van der Waals surface area (Å²) >= 11 is 0. The van der Waals surface area contributed by atoms with Gasteiger partial charge in [0.05, 0.1) is 30.3 Å². The Hall–Kier alpha value is -2.51. The largest absolute Gasteiger partial charge is 0.480 e. The zero-order chi connectivity index (χ0) is 19.7. The molecule has 1 unspecified atom stereocenters. The molecule has 2 heterocycles. The number of ether oxygens (including phenoxy) is 1. The molecule has 0 radical (unpaired) electrons. The van der Waals surface area contributed by atoms with Crippen molar-refractivity contribution in [1.29, 1.82) is 0 Å². The molecule has 1 saturated carbocycles. The lowest BCUT2D eigenvalue weighted by Gasteiger charge is -2.34. The van der Waals surface area contributed by atoms with Gasteiger partial charge in [-0.1, -0.05) is 18.2 Å². The van der Waals surface area contributed by atoms with E-state index < -0.39 is 5.97 Å². The van der Waals surface area contributed by atoms with E-state index in [1.807, 2.05) is 35.2 Å². The standard InChI is InChI=1S/C21H25N3O4/c1-23(13-20(25)26)11-15-12-24(8-9-28-15)21(27)17-10-19(14-6-7-14)22-18-5-3-2-4-16(17)18/h2-5,10,14-15H,6-9,11-13H2,1H3,(H,25,26). The van der Waals surface area contributed by atoms with Gasteiger partial charge in [0.2, 0.25) is 0 Å². The number of nitrogens with zero attached hydrogens (tertiary/aromatic N) is 3. The van der Waals surface area contributed by atoms with E-state index in [0.29, 0.717) is 37.7 Å². The van der Waals surface area contributed by atoms with E-state index in [9.17, 15) is 9.59 Å². The molecule has 2 aliphatic rings. The van der Waals surface area contributed by atoms with Crippen molar-refractivity contribution in [3.63, 3.8) is 0 Å².